The van der Waals surface area contributed by atoms with E-state index in [1.54, 1.807) is 18.3 Å². The van der Waals surface area contributed by atoms with Crippen molar-refractivity contribution >= 4 is 28.4 Å². The molecule has 6 rings (SSSR count). The van der Waals surface area contributed by atoms with Crippen molar-refractivity contribution in [1.29, 1.82) is 0 Å². The maximum atomic E-state index is 14.2. The third kappa shape index (κ3) is 4.73. The van der Waals surface area contributed by atoms with Crippen LogP contribution >= 0.6 is 0 Å². The third-order valence-electron chi connectivity index (χ3n) is 7.25. The first kappa shape index (κ1) is 24.5. The van der Waals surface area contributed by atoms with Crippen LogP contribution in [0.15, 0.2) is 36.8 Å². The Morgan fingerprint density at radius 2 is 1.82 bits per heavy atom. The van der Waals surface area contributed by atoms with E-state index in [9.17, 15) is 13.2 Å². The van der Waals surface area contributed by atoms with Crippen molar-refractivity contribution in [2.45, 2.75) is 45.1 Å². The second-order valence-electron chi connectivity index (χ2n) is 10.6. The molecule has 0 spiro atoms. The number of nitrogens with zero attached hydrogens (tertiary/aromatic N) is 5. The van der Waals surface area contributed by atoms with Gasteiger partial charge in [0.1, 0.15) is 11.6 Å². The van der Waals surface area contributed by atoms with Crippen LogP contribution in [0.4, 0.5) is 30.6 Å². The molecule has 8 nitrogen and oxygen atoms in total. The van der Waals surface area contributed by atoms with Crippen LogP contribution < -0.4 is 16.0 Å². The molecule has 0 radical (unpaired) electrons. The Bertz CT molecular complexity index is 1520. The lowest BCUT2D eigenvalue weighted by molar-refractivity contribution is 0.236. The Kier molecular flexibility index (Phi) is 6.10. The average molecular weight is 521 g/mol. The lowest BCUT2D eigenvalue weighted by Gasteiger charge is -2.40. The molecule has 0 aromatic carbocycles. The number of nitrogens with one attached hydrogen (secondary N) is 3. The van der Waals surface area contributed by atoms with Crippen molar-refractivity contribution in [2.75, 3.05) is 23.7 Å². The zero-order valence-corrected chi connectivity index (χ0v) is 21.0. The van der Waals surface area contributed by atoms with Crippen molar-refractivity contribution in [3.8, 4) is 11.4 Å². The van der Waals surface area contributed by atoms with E-state index < -0.39 is 23.4 Å². The van der Waals surface area contributed by atoms with Crippen molar-refractivity contribution in [3.05, 3.63) is 59.9 Å². The van der Waals surface area contributed by atoms with Crippen LogP contribution in [0.2, 0.25) is 0 Å². The van der Waals surface area contributed by atoms with Gasteiger partial charge in [0.15, 0.2) is 23.3 Å². The van der Waals surface area contributed by atoms with Crippen LogP contribution in [-0.4, -0.2) is 44.1 Å². The summed E-state index contributed by atoms with van der Waals surface area (Å²) >= 11 is 0. The Hall–Kier alpha value is -3.86. The van der Waals surface area contributed by atoms with E-state index in [-0.39, 0.29) is 17.3 Å². The van der Waals surface area contributed by atoms with Gasteiger partial charge in [-0.1, -0.05) is 13.8 Å². The summed E-state index contributed by atoms with van der Waals surface area (Å²) in [5, 5.41) is 10.8. The minimum atomic E-state index is -1.40. The summed E-state index contributed by atoms with van der Waals surface area (Å²) in [6.07, 6.45) is 8.36. The maximum Gasteiger partial charge on any atom is 0.251 e. The number of piperidine rings is 1. The molecular weight excluding hydrogens is 493 g/mol. The summed E-state index contributed by atoms with van der Waals surface area (Å²) in [6, 6.07) is 3.98. The fourth-order valence-corrected chi connectivity index (χ4v) is 4.94. The van der Waals surface area contributed by atoms with Crippen molar-refractivity contribution in [3.63, 3.8) is 0 Å². The first-order valence-corrected chi connectivity index (χ1v) is 12.7. The minimum Gasteiger partial charge on any atom is -0.366 e. The predicted octanol–water partition coefficient (Wildman–Crippen LogP) is 5.32. The molecule has 3 N–H and O–H groups in total. The van der Waals surface area contributed by atoms with E-state index in [1.807, 2.05) is 6.20 Å². The fraction of sp³-hybridized carbons (Fsp3) is 0.370. The van der Waals surface area contributed by atoms with Gasteiger partial charge in [0.2, 0.25) is 0 Å². The summed E-state index contributed by atoms with van der Waals surface area (Å²) in [6.45, 7) is 6.28. The fourth-order valence-electron chi connectivity index (χ4n) is 4.94. The molecular formula is C27H27F3N8. The first-order chi connectivity index (χ1) is 18.3. The SMILES string of the molecule is CC1(C)CNCCC1Nc1nc(-c2ccnc(Nc3nc(F)c(F)cc3F)c2)nc2cncc(C3CC3)c12. The molecule has 0 amide bonds. The van der Waals surface area contributed by atoms with Crippen LogP contribution in [-0.2, 0) is 0 Å². The number of hydrogen-bond acceptors (Lipinski definition) is 8. The second-order valence-corrected chi connectivity index (χ2v) is 10.6. The van der Waals surface area contributed by atoms with Crippen molar-refractivity contribution in [1.82, 2.24) is 30.2 Å². The highest BCUT2D eigenvalue weighted by Crippen LogP contribution is 2.44. The summed E-state index contributed by atoms with van der Waals surface area (Å²) in [5.74, 6) is -2.44. The number of rotatable bonds is 6. The number of aromatic nitrogens is 5. The lowest BCUT2D eigenvalue weighted by atomic mass is 9.80. The predicted molar refractivity (Wildman–Crippen MR) is 139 cm³/mol. The van der Waals surface area contributed by atoms with E-state index in [0.29, 0.717) is 23.4 Å². The van der Waals surface area contributed by atoms with Gasteiger partial charge in [0, 0.05) is 42.0 Å². The van der Waals surface area contributed by atoms with Crippen LogP contribution in [0.5, 0.6) is 0 Å². The maximum absolute atomic E-state index is 14.2. The molecule has 2 aliphatic rings. The molecule has 1 unspecified atom stereocenters. The Balaban J connectivity index is 1.41. The van der Waals surface area contributed by atoms with E-state index in [2.05, 4.69) is 44.7 Å². The van der Waals surface area contributed by atoms with Crippen molar-refractivity contribution < 1.29 is 13.2 Å². The quantitative estimate of drug-likeness (QED) is 0.294. The Labute approximate surface area is 217 Å². The van der Waals surface area contributed by atoms with Crippen LogP contribution in [0.25, 0.3) is 22.3 Å². The molecule has 0 bridgehead atoms. The molecule has 4 aromatic rings. The van der Waals surface area contributed by atoms with Gasteiger partial charge in [-0.3, -0.25) is 4.98 Å². The van der Waals surface area contributed by atoms with Gasteiger partial charge >= 0.3 is 0 Å². The van der Waals surface area contributed by atoms with Crippen LogP contribution in [0.3, 0.4) is 0 Å². The summed E-state index contributed by atoms with van der Waals surface area (Å²) in [5.41, 5.74) is 2.50. The standard InChI is InChI=1S/C27H27F3N8/c1-27(2)13-31-7-6-20(27)35-26-22-16(14-3-4-14)11-32-12-19(22)34-24(38-26)15-5-8-33-21(9-15)36-25-18(29)10-17(28)23(30)37-25/h5,8-12,14,20,31H,3-4,6-7,13H2,1-2H3,(H,33,36,37)(H,34,35,38). The van der Waals surface area contributed by atoms with Gasteiger partial charge in [-0.25, -0.2) is 23.7 Å². The molecule has 1 saturated carbocycles. The van der Waals surface area contributed by atoms with E-state index in [4.69, 9.17) is 9.97 Å². The average Bonchev–Trinajstić information content (AvgIpc) is 3.74. The summed E-state index contributed by atoms with van der Waals surface area (Å²) < 4.78 is 41.0. The molecule has 11 heteroatoms. The summed E-state index contributed by atoms with van der Waals surface area (Å²) in [4.78, 5) is 21.7. The van der Waals surface area contributed by atoms with Gasteiger partial charge in [0.05, 0.1) is 11.7 Å². The molecule has 1 aliphatic carbocycles. The van der Waals surface area contributed by atoms with Gasteiger partial charge in [0.25, 0.3) is 5.95 Å². The Morgan fingerprint density at radius 1 is 0.974 bits per heavy atom. The van der Waals surface area contributed by atoms with Crippen LogP contribution in [0, 0.1) is 23.0 Å². The molecule has 5 heterocycles. The zero-order valence-electron chi connectivity index (χ0n) is 21.0. The van der Waals surface area contributed by atoms with Crippen LogP contribution in [0.1, 0.15) is 44.6 Å². The number of pyridine rings is 3. The van der Waals surface area contributed by atoms with Gasteiger partial charge in [-0.15, -0.1) is 0 Å². The molecule has 1 atom stereocenters. The monoisotopic (exact) mass is 520 g/mol. The Morgan fingerprint density at radius 3 is 2.61 bits per heavy atom. The number of hydrogen-bond donors (Lipinski definition) is 3. The number of fused-ring (bicyclic) bond motifs is 1. The highest BCUT2D eigenvalue weighted by molar-refractivity contribution is 5.93. The highest BCUT2D eigenvalue weighted by atomic mass is 19.2. The molecule has 4 aromatic heterocycles. The van der Waals surface area contributed by atoms with Gasteiger partial charge in [-0.05, 0) is 54.8 Å². The molecule has 1 aliphatic heterocycles. The first-order valence-electron chi connectivity index (χ1n) is 12.7. The minimum absolute atomic E-state index is 0.0116. The molecule has 2 fully saturated rings. The largest absolute Gasteiger partial charge is 0.366 e. The topological polar surface area (TPSA) is 101 Å². The molecule has 196 valence electrons. The van der Waals surface area contributed by atoms with E-state index >= 15 is 0 Å². The molecule has 38 heavy (non-hydrogen) atoms. The van der Waals surface area contributed by atoms with E-state index in [1.165, 1.54) is 6.20 Å². The van der Waals surface area contributed by atoms with E-state index in [0.717, 1.165) is 54.6 Å². The van der Waals surface area contributed by atoms with Gasteiger partial charge < -0.3 is 16.0 Å². The van der Waals surface area contributed by atoms with Gasteiger partial charge in [-0.2, -0.15) is 9.37 Å². The summed E-state index contributed by atoms with van der Waals surface area (Å²) in [7, 11) is 0. The number of halogens is 3. The smallest absolute Gasteiger partial charge is 0.251 e. The normalized spacial score (nSPS) is 18.9. The molecule has 1 saturated heterocycles. The third-order valence-corrected chi connectivity index (χ3v) is 7.25. The van der Waals surface area contributed by atoms with Crippen molar-refractivity contribution in [2.24, 2.45) is 5.41 Å². The zero-order chi connectivity index (χ0) is 26.4. The highest BCUT2D eigenvalue weighted by Gasteiger charge is 2.34. The second kappa shape index (κ2) is 9.46. The number of anilines is 3. The lowest BCUT2D eigenvalue weighted by Crippen LogP contribution is -2.49.